The number of rotatable bonds is 6. The van der Waals surface area contributed by atoms with Gasteiger partial charge in [-0.25, -0.2) is 0 Å². The van der Waals surface area contributed by atoms with Crippen LogP contribution in [0.3, 0.4) is 0 Å². The zero-order valence-electron chi connectivity index (χ0n) is 13.3. The van der Waals surface area contributed by atoms with Crippen LogP contribution in [0.5, 0.6) is 0 Å². The van der Waals surface area contributed by atoms with E-state index < -0.39 is 5.41 Å². The Hall–Kier alpha value is -1.93. The summed E-state index contributed by atoms with van der Waals surface area (Å²) in [6.07, 6.45) is 2.55. The predicted molar refractivity (Wildman–Crippen MR) is 89.1 cm³/mol. The Labute approximate surface area is 132 Å². The number of ether oxygens (including phenoxy) is 1. The van der Waals surface area contributed by atoms with Gasteiger partial charge in [0.15, 0.2) is 0 Å². The SMILES string of the molecule is CCCCC(=O)C1(COC)c2ccccc2-c2ccccc21. The van der Waals surface area contributed by atoms with E-state index in [0.717, 1.165) is 24.0 Å². The van der Waals surface area contributed by atoms with Crippen molar-refractivity contribution in [3.63, 3.8) is 0 Å². The smallest absolute Gasteiger partial charge is 0.150 e. The van der Waals surface area contributed by atoms with Crippen LogP contribution in [0.1, 0.15) is 37.3 Å². The van der Waals surface area contributed by atoms with Gasteiger partial charge in [0, 0.05) is 13.5 Å². The van der Waals surface area contributed by atoms with Crippen LogP contribution < -0.4 is 0 Å². The summed E-state index contributed by atoms with van der Waals surface area (Å²) in [7, 11) is 1.68. The second-order valence-electron chi connectivity index (χ2n) is 5.96. The van der Waals surface area contributed by atoms with E-state index in [9.17, 15) is 4.79 Å². The van der Waals surface area contributed by atoms with Crippen molar-refractivity contribution < 1.29 is 9.53 Å². The van der Waals surface area contributed by atoms with Gasteiger partial charge < -0.3 is 4.74 Å². The standard InChI is InChI=1S/C20H22O2/c1-3-4-13-19(21)20(14-22-2)17-11-7-5-9-15(17)16-10-6-8-12-18(16)20/h5-12H,3-4,13-14H2,1-2H3. The Morgan fingerprint density at radius 2 is 1.55 bits per heavy atom. The molecule has 114 valence electrons. The van der Waals surface area contributed by atoms with E-state index in [4.69, 9.17) is 4.74 Å². The first-order valence-electron chi connectivity index (χ1n) is 7.97. The van der Waals surface area contributed by atoms with Gasteiger partial charge in [-0.2, -0.15) is 0 Å². The number of hydrogen-bond donors (Lipinski definition) is 0. The van der Waals surface area contributed by atoms with Crippen molar-refractivity contribution in [1.82, 2.24) is 0 Å². The van der Waals surface area contributed by atoms with Gasteiger partial charge in [0.2, 0.25) is 0 Å². The molecule has 0 unspecified atom stereocenters. The summed E-state index contributed by atoms with van der Waals surface area (Å²) in [4.78, 5) is 13.2. The van der Waals surface area contributed by atoms with Crippen molar-refractivity contribution in [1.29, 1.82) is 0 Å². The normalized spacial score (nSPS) is 14.5. The Balaban J connectivity index is 2.22. The van der Waals surface area contributed by atoms with Crippen LogP contribution in [0.2, 0.25) is 0 Å². The van der Waals surface area contributed by atoms with Gasteiger partial charge in [-0.3, -0.25) is 4.79 Å². The average molecular weight is 294 g/mol. The molecule has 0 aliphatic heterocycles. The molecule has 0 N–H and O–H groups in total. The van der Waals surface area contributed by atoms with Crippen molar-refractivity contribution in [2.24, 2.45) is 0 Å². The predicted octanol–water partition coefficient (Wildman–Crippen LogP) is 4.36. The number of fused-ring (bicyclic) bond motifs is 3. The summed E-state index contributed by atoms with van der Waals surface area (Å²) in [5.41, 5.74) is 3.88. The van der Waals surface area contributed by atoms with E-state index in [1.165, 1.54) is 11.1 Å². The molecule has 2 aromatic carbocycles. The molecule has 0 fully saturated rings. The van der Waals surface area contributed by atoms with Crippen LogP contribution in [0.25, 0.3) is 11.1 Å². The molecule has 0 bridgehead atoms. The molecule has 0 radical (unpaired) electrons. The monoisotopic (exact) mass is 294 g/mol. The average Bonchev–Trinajstić information content (AvgIpc) is 2.85. The van der Waals surface area contributed by atoms with Gasteiger partial charge in [0.05, 0.1) is 6.61 Å². The maximum atomic E-state index is 13.2. The topological polar surface area (TPSA) is 26.3 Å². The van der Waals surface area contributed by atoms with Crippen molar-refractivity contribution in [2.75, 3.05) is 13.7 Å². The molecule has 1 aliphatic rings. The number of Topliss-reactive ketones (excluding diaryl/α,β-unsaturated/α-hetero) is 1. The van der Waals surface area contributed by atoms with Gasteiger partial charge in [0.1, 0.15) is 11.2 Å². The van der Waals surface area contributed by atoms with Gasteiger partial charge in [-0.15, -0.1) is 0 Å². The van der Waals surface area contributed by atoms with Crippen molar-refractivity contribution in [3.05, 3.63) is 59.7 Å². The fourth-order valence-corrected chi connectivity index (χ4v) is 3.63. The van der Waals surface area contributed by atoms with Crippen LogP contribution in [0, 0.1) is 0 Å². The largest absolute Gasteiger partial charge is 0.383 e. The molecule has 2 aromatic rings. The minimum Gasteiger partial charge on any atom is -0.383 e. The molecule has 0 spiro atoms. The van der Waals surface area contributed by atoms with Crippen LogP contribution in [0.15, 0.2) is 48.5 Å². The highest BCUT2D eigenvalue weighted by Crippen LogP contribution is 2.50. The minimum atomic E-state index is -0.642. The van der Waals surface area contributed by atoms with E-state index in [-0.39, 0.29) is 5.78 Å². The Morgan fingerprint density at radius 1 is 1.00 bits per heavy atom. The molecular weight excluding hydrogens is 272 g/mol. The number of methoxy groups -OCH3 is 1. The first-order chi connectivity index (χ1) is 10.8. The fourth-order valence-electron chi connectivity index (χ4n) is 3.63. The highest BCUT2D eigenvalue weighted by atomic mass is 16.5. The first-order valence-corrected chi connectivity index (χ1v) is 7.97. The first kappa shape index (κ1) is 15.0. The zero-order chi connectivity index (χ0) is 15.6. The van der Waals surface area contributed by atoms with Gasteiger partial charge in [0.25, 0.3) is 0 Å². The zero-order valence-corrected chi connectivity index (χ0v) is 13.3. The lowest BCUT2D eigenvalue weighted by molar-refractivity contribution is -0.124. The third-order valence-electron chi connectivity index (χ3n) is 4.66. The second kappa shape index (κ2) is 6.05. The molecule has 0 aromatic heterocycles. The summed E-state index contributed by atoms with van der Waals surface area (Å²) in [5, 5.41) is 0. The Bertz CT molecular complexity index is 642. The molecule has 0 atom stereocenters. The molecule has 0 saturated heterocycles. The Kier molecular flexibility index (Phi) is 4.12. The number of hydrogen-bond acceptors (Lipinski definition) is 2. The summed E-state index contributed by atoms with van der Waals surface area (Å²) >= 11 is 0. The molecule has 0 heterocycles. The lowest BCUT2D eigenvalue weighted by Crippen LogP contribution is -2.39. The summed E-state index contributed by atoms with van der Waals surface area (Å²) in [6.45, 7) is 2.52. The minimum absolute atomic E-state index is 0.272. The maximum absolute atomic E-state index is 13.2. The molecule has 2 heteroatoms. The number of benzene rings is 2. The van der Waals surface area contributed by atoms with E-state index >= 15 is 0 Å². The van der Waals surface area contributed by atoms with E-state index in [0.29, 0.717) is 13.0 Å². The molecule has 2 nitrogen and oxygen atoms in total. The second-order valence-corrected chi connectivity index (χ2v) is 5.96. The van der Waals surface area contributed by atoms with Crippen LogP contribution >= 0.6 is 0 Å². The third-order valence-corrected chi connectivity index (χ3v) is 4.66. The van der Waals surface area contributed by atoms with E-state index in [2.05, 4.69) is 31.2 Å². The van der Waals surface area contributed by atoms with Gasteiger partial charge in [-0.05, 0) is 28.7 Å². The van der Waals surface area contributed by atoms with Crippen LogP contribution in [0.4, 0.5) is 0 Å². The highest BCUT2D eigenvalue weighted by molar-refractivity contribution is 6.01. The number of carbonyl (C=O) groups is 1. The number of ketones is 1. The maximum Gasteiger partial charge on any atom is 0.150 e. The van der Waals surface area contributed by atoms with E-state index in [1.807, 2.05) is 24.3 Å². The summed E-state index contributed by atoms with van der Waals surface area (Å²) in [5.74, 6) is 0.272. The van der Waals surface area contributed by atoms with Crippen molar-refractivity contribution >= 4 is 5.78 Å². The third kappa shape index (κ3) is 2.10. The number of unbranched alkanes of at least 4 members (excludes halogenated alkanes) is 1. The molecule has 3 rings (SSSR count). The summed E-state index contributed by atoms with van der Waals surface area (Å²) in [6, 6.07) is 16.5. The van der Waals surface area contributed by atoms with Crippen molar-refractivity contribution in [2.45, 2.75) is 31.6 Å². The van der Waals surface area contributed by atoms with Gasteiger partial charge in [-0.1, -0.05) is 61.9 Å². The summed E-state index contributed by atoms with van der Waals surface area (Å²) < 4.78 is 5.52. The quantitative estimate of drug-likeness (QED) is 0.791. The van der Waals surface area contributed by atoms with E-state index in [1.54, 1.807) is 7.11 Å². The molecule has 0 amide bonds. The van der Waals surface area contributed by atoms with Crippen LogP contribution in [-0.2, 0) is 14.9 Å². The highest BCUT2D eigenvalue weighted by Gasteiger charge is 2.48. The molecular formula is C20H22O2. The van der Waals surface area contributed by atoms with Gasteiger partial charge >= 0.3 is 0 Å². The number of carbonyl (C=O) groups excluding carboxylic acids is 1. The Morgan fingerprint density at radius 3 is 2.05 bits per heavy atom. The lowest BCUT2D eigenvalue weighted by atomic mass is 9.74. The molecule has 0 saturated carbocycles. The molecule has 22 heavy (non-hydrogen) atoms. The lowest BCUT2D eigenvalue weighted by Gasteiger charge is -2.30. The fraction of sp³-hybridized carbons (Fsp3) is 0.350. The van der Waals surface area contributed by atoms with Crippen LogP contribution in [-0.4, -0.2) is 19.5 Å². The molecule has 1 aliphatic carbocycles. The van der Waals surface area contributed by atoms with Crippen molar-refractivity contribution in [3.8, 4) is 11.1 Å².